The third-order valence-electron chi connectivity index (χ3n) is 5.07. The van der Waals surface area contributed by atoms with Crippen LogP contribution in [0.1, 0.15) is 35.6 Å². The number of aryl methyl sites for hydroxylation is 1. The molecule has 2 aromatic rings. The van der Waals surface area contributed by atoms with Crippen molar-refractivity contribution in [3.05, 3.63) is 58.7 Å². The third kappa shape index (κ3) is 4.48. The summed E-state index contributed by atoms with van der Waals surface area (Å²) in [5.41, 5.74) is 5.23. The standard InChI is InChI=1S/C22H26N2O3/c1-4-22(26)24-11-10-17-8-9-19(12-18(17)13-24)23-21(25)14-27-20-7-5-6-15(2)16(20)3/h5-9,12H,4,10-11,13-14H2,1-3H3,(H,23,25). The van der Waals surface area contributed by atoms with Crippen LogP contribution in [0.15, 0.2) is 36.4 Å². The minimum absolute atomic E-state index is 0.0399. The molecule has 0 radical (unpaired) electrons. The first-order valence-electron chi connectivity index (χ1n) is 9.36. The molecule has 0 atom stereocenters. The van der Waals surface area contributed by atoms with Crippen LogP contribution in [0.25, 0.3) is 0 Å². The Morgan fingerprint density at radius 1 is 1.15 bits per heavy atom. The number of rotatable bonds is 5. The largest absolute Gasteiger partial charge is 0.483 e. The van der Waals surface area contributed by atoms with Crippen LogP contribution in [0, 0.1) is 13.8 Å². The van der Waals surface area contributed by atoms with E-state index >= 15 is 0 Å². The molecule has 0 saturated heterocycles. The van der Waals surface area contributed by atoms with E-state index in [1.165, 1.54) is 5.56 Å². The molecule has 2 aromatic carbocycles. The lowest BCUT2D eigenvalue weighted by molar-refractivity contribution is -0.131. The average molecular weight is 366 g/mol. The molecule has 142 valence electrons. The van der Waals surface area contributed by atoms with Crippen molar-refractivity contribution in [3.63, 3.8) is 0 Å². The van der Waals surface area contributed by atoms with Crippen molar-refractivity contribution in [1.82, 2.24) is 4.90 Å². The van der Waals surface area contributed by atoms with Gasteiger partial charge >= 0.3 is 0 Å². The summed E-state index contributed by atoms with van der Waals surface area (Å²) in [5, 5.41) is 2.89. The highest BCUT2D eigenvalue weighted by Crippen LogP contribution is 2.24. The summed E-state index contributed by atoms with van der Waals surface area (Å²) in [5.74, 6) is 0.689. The van der Waals surface area contributed by atoms with Gasteiger partial charge < -0.3 is 15.0 Å². The molecular formula is C22H26N2O3. The normalized spacial score (nSPS) is 13.1. The predicted octanol–water partition coefficient (Wildman–Crippen LogP) is 3.62. The second-order valence-electron chi connectivity index (χ2n) is 6.94. The van der Waals surface area contributed by atoms with Crippen LogP contribution >= 0.6 is 0 Å². The van der Waals surface area contributed by atoms with Gasteiger partial charge in [0.15, 0.2) is 6.61 Å². The van der Waals surface area contributed by atoms with Gasteiger partial charge in [-0.05, 0) is 60.7 Å². The lowest BCUT2D eigenvalue weighted by Gasteiger charge is -2.29. The fourth-order valence-corrected chi connectivity index (χ4v) is 3.29. The van der Waals surface area contributed by atoms with Crippen molar-refractivity contribution < 1.29 is 14.3 Å². The Balaban J connectivity index is 1.62. The molecule has 1 heterocycles. The average Bonchev–Trinajstić information content (AvgIpc) is 2.68. The molecule has 0 bridgehead atoms. The maximum atomic E-state index is 12.3. The van der Waals surface area contributed by atoms with Gasteiger partial charge in [0.05, 0.1) is 0 Å². The highest BCUT2D eigenvalue weighted by atomic mass is 16.5. The molecule has 5 nitrogen and oxygen atoms in total. The first kappa shape index (κ1) is 19.0. The molecule has 5 heteroatoms. The number of fused-ring (bicyclic) bond motifs is 1. The monoisotopic (exact) mass is 366 g/mol. The van der Waals surface area contributed by atoms with E-state index < -0.39 is 0 Å². The molecule has 3 rings (SSSR count). The molecule has 0 unspecified atom stereocenters. The van der Waals surface area contributed by atoms with Gasteiger partial charge in [-0.25, -0.2) is 0 Å². The topological polar surface area (TPSA) is 58.6 Å². The van der Waals surface area contributed by atoms with Crippen LogP contribution in [0.2, 0.25) is 0 Å². The summed E-state index contributed by atoms with van der Waals surface area (Å²) in [6.07, 6.45) is 1.37. The van der Waals surface area contributed by atoms with E-state index in [-0.39, 0.29) is 18.4 Å². The van der Waals surface area contributed by atoms with E-state index in [0.29, 0.717) is 13.0 Å². The number of anilines is 1. The lowest BCUT2D eigenvalue weighted by atomic mass is 9.99. The van der Waals surface area contributed by atoms with Crippen molar-refractivity contribution in [2.24, 2.45) is 0 Å². The minimum Gasteiger partial charge on any atom is -0.483 e. The predicted molar refractivity (Wildman–Crippen MR) is 106 cm³/mol. The quantitative estimate of drug-likeness (QED) is 0.879. The number of nitrogens with one attached hydrogen (secondary N) is 1. The Kier molecular flexibility index (Phi) is 5.79. The van der Waals surface area contributed by atoms with E-state index in [2.05, 4.69) is 5.32 Å². The Morgan fingerprint density at radius 3 is 2.74 bits per heavy atom. The summed E-state index contributed by atoms with van der Waals surface area (Å²) >= 11 is 0. The molecule has 0 aromatic heterocycles. The second kappa shape index (κ2) is 8.25. The molecule has 0 aliphatic carbocycles. The van der Waals surface area contributed by atoms with Crippen LogP contribution in [-0.2, 0) is 22.6 Å². The van der Waals surface area contributed by atoms with Gasteiger partial charge in [-0.3, -0.25) is 9.59 Å². The number of benzene rings is 2. The van der Waals surface area contributed by atoms with E-state index in [4.69, 9.17) is 4.74 Å². The van der Waals surface area contributed by atoms with Crippen molar-refractivity contribution in [2.75, 3.05) is 18.5 Å². The lowest BCUT2D eigenvalue weighted by Crippen LogP contribution is -2.35. The number of amides is 2. The number of ether oxygens (including phenoxy) is 1. The molecular weight excluding hydrogens is 340 g/mol. The van der Waals surface area contributed by atoms with Gasteiger partial charge in [-0.2, -0.15) is 0 Å². The van der Waals surface area contributed by atoms with E-state index in [1.54, 1.807) is 0 Å². The van der Waals surface area contributed by atoms with Crippen LogP contribution in [0.5, 0.6) is 5.75 Å². The first-order valence-corrected chi connectivity index (χ1v) is 9.36. The van der Waals surface area contributed by atoms with Crippen molar-refractivity contribution >= 4 is 17.5 Å². The third-order valence-corrected chi connectivity index (χ3v) is 5.07. The summed E-state index contributed by atoms with van der Waals surface area (Å²) in [7, 11) is 0. The maximum Gasteiger partial charge on any atom is 0.262 e. The molecule has 1 aliphatic heterocycles. The molecule has 0 spiro atoms. The fourth-order valence-electron chi connectivity index (χ4n) is 3.29. The Hall–Kier alpha value is -2.82. The number of carbonyl (C=O) groups excluding carboxylic acids is 2. The maximum absolute atomic E-state index is 12.3. The van der Waals surface area contributed by atoms with E-state index in [1.807, 2.05) is 62.1 Å². The Bertz CT molecular complexity index is 861. The number of carbonyl (C=O) groups is 2. The van der Waals surface area contributed by atoms with E-state index in [0.717, 1.165) is 41.1 Å². The number of hydrogen-bond acceptors (Lipinski definition) is 3. The van der Waals surface area contributed by atoms with Gasteiger partial charge in [-0.1, -0.05) is 25.1 Å². The smallest absolute Gasteiger partial charge is 0.262 e. The van der Waals surface area contributed by atoms with Crippen LogP contribution in [0.4, 0.5) is 5.69 Å². The van der Waals surface area contributed by atoms with Crippen LogP contribution < -0.4 is 10.1 Å². The summed E-state index contributed by atoms with van der Waals surface area (Å²) in [6, 6.07) is 11.7. The van der Waals surface area contributed by atoms with E-state index in [9.17, 15) is 9.59 Å². The molecule has 1 aliphatic rings. The van der Waals surface area contributed by atoms with Gasteiger partial charge in [0.1, 0.15) is 5.75 Å². The highest BCUT2D eigenvalue weighted by molar-refractivity contribution is 5.92. The molecule has 0 saturated carbocycles. The molecule has 1 N–H and O–H groups in total. The second-order valence-corrected chi connectivity index (χ2v) is 6.94. The zero-order valence-corrected chi connectivity index (χ0v) is 16.2. The number of hydrogen-bond donors (Lipinski definition) is 1. The van der Waals surface area contributed by atoms with Crippen molar-refractivity contribution in [1.29, 1.82) is 0 Å². The minimum atomic E-state index is -0.201. The first-order chi connectivity index (χ1) is 13.0. The zero-order valence-electron chi connectivity index (χ0n) is 16.2. The highest BCUT2D eigenvalue weighted by Gasteiger charge is 2.20. The van der Waals surface area contributed by atoms with Crippen molar-refractivity contribution in [2.45, 2.75) is 40.2 Å². The van der Waals surface area contributed by atoms with Crippen LogP contribution in [0.3, 0.4) is 0 Å². The Morgan fingerprint density at radius 2 is 1.96 bits per heavy atom. The van der Waals surface area contributed by atoms with Crippen LogP contribution in [-0.4, -0.2) is 29.9 Å². The summed E-state index contributed by atoms with van der Waals surface area (Å²) in [6.45, 7) is 7.20. The summed E-state index contributed by atoms with van der Waals surface area (Å²) < 4.78 is 5.66. The zero-order chi connectivity index (χ0) is 19.4. The number of nitrogens with zero attached hydrogens (tertiary/aromatic N) is 1. The Labute approximate surface area is 160 Å². The SMILES string of the molecule is CCC(=O)N1CCc2ccc(NC(=O)COc3cccc(C)c3C)cc2C1. The van der Waals surface area contributed by atoms with Gasteiger partial charge in [0.2, 0.25) is 5.91 Å². The molecule has 2 amide bonds. The van der Waals surface area contributed by atoms with Gasteiger partial charge in [0.25, 0.3) is 5.91 Å². The van der Waals surface area contributed by atoms with Crippen molar-refractivity contribution in [3.8, 4) is 5.75 Å². The summed E-state index contributed by atoms with van der Waals surface area (Å²) in [4.78, 5) is 26.1. The fraction of sp³-hybridized carbons (Fsp3) is 0.364. The molecule has 0 fully saturated rings. The van der Waals surface area contributed by atoms with Gasteiger partial charge in [0, 0.05) is 25.2 Å². The van der Waals surface area contributed by atoms with Gasteiger partial charge in [-0.15, -0.1) is 0 Å². The molecule has 27 heavy (non-hydrogen) atoms.